The lowest BCUT2D eigenvalue weighted by Crippen LogP contribution is -2.50. The van der Waals surface area contributed by atoms with Crippen molar-refractivity contribution in [2.24, 2.45) is 0 Å². The number of amides is 1. The topological polar surface area (TPSA) is 84.5 Å². The van der Waals surface area contributed by atoms with Gasteiger partial charge in [-0.1, -0.05) is 22.9 Å². The van der Waals surface area contributed by atoms with Gasteiger partial charge in [-0.15, -0.1) is 0 Å². The van der Waals surface area contributed by atoms with Crippen LogP contribution in [-0.4, -0.2) is 51.7 Å². The third-order valence-corrected chi connectivity index (χ3v) is 5.26. The van der Waals surface area contributed by atoms with Crippen molar-refractivity contribution in [3.05, 3.63) is 51.7 Å². The van der Waals surface area contributed by atoms with Gasteiger partial charge in [0.1, 0.15) is 18.3 Å². The Morgan fingerprint density at radius 2 is 1.89 bits per heavy atom. The van der Waals surface area contributed by atoms with Gasteiger partial charge in [-0.3, -0.25) is 14.2 Å². The van der Waals surface area contributed by atoms with E-state index in [0.717, 1.165) is 13.1 Å². The van der Waals surface area contributed by atoms with Gasteiger partial charge in [0.25, 0.3) is 11.3 Å². The minimum atomic E-state index is -0.300. The van der Waals surface area contributed by atoms with E-state index in [-0.39, 0.29) is 23.7 Å². The van der Waals surface area contributed by atoms with Crippen LogP contribution < -0.4 is 10.5 Å². The monoisotopic (exact) mass is 381 g/mol. The molecule has 2 aromatic heterocycles. The summed E-state index contributed by atoms with van der Waals surface area (Å²) >= 11 is 0. The Morgan fingerprint density at radius 3 is 2.61 bits per heavy atom. The number of piperazine rings is 1. The van der Waals surface area contributed by atoms with Crippen LogP contribution in [0.3, 0.4) is 0 Å². The number of fused-ring (bicyclic) bond motifs is 1. The number of hydrogen-bond donors (Lipinski definition) is 0. The van der Waals surface area contributed by atoms with Gasteiger partial charge in [-0.05, 0) is 32.4 Å². The molecular formula is C20H23N5O3. The van der Waals surface area contributed by atoms with Gasteiger partial charge in [-0.25, -0.2) is 4.98 Å². The summed E-state index contributed by atoms with van der Waals surface area (Å²) in [6.07, 6.45) is 1.35. The highest BCUT2D eigenvalue weighted by Gasteiger charge is 2.23. The zero-order chi connectivity index (χ0) is 19.8. The Morgan fingerprint density at radius 1 is 1.14 bits per heavy atom. The van der Waals surface area contributed by atoms with Crippen LogP contribution in [-0.2, 0) is 11.3 Å². The molecule has 0 aliphatic carbocycles. The summed E-state index contributed by atoms with van der Waals surface area (Å²) < 4.78 is 6.33. The van der Waals surface area contributed by atoms with E-state index in [9.17, 15) is 9.59 Å². The van der Waals surface area contributed by atoms with E-state index in [1.54, 1.807) is 11.8 Å². The maximum Gasteiger partial charge on any atom is 0.267 e. The van der Waals surface area contributed by atoms with Crippen molar-refractivity contribution in [2.45, 2.75) is 27.3 Å². The highest BCUT2D eigenvalue weighted by molar-refractivity contribution is 5.78. The third kappa shape index (κ3) is 3.26. The molecular weight excluding hydrogens is 358 g/mol. The van der Waals surface area contributed by atoms with Gasteiger partial charge < -0.3 is 14.3 Å². The second-order valence-electron chi connectivity index (χ2n) is 7.28. The summed E-state index contributed by atoms with van der Waals surface area (Å²) in [6, 6.07) is 6.43. The highest BCUT2D eigenvalue weighted by atomic mass is 16.5. The van der Waals surface area contributed by atoms with Crippen LogP contribution in [0.1, 0.15) is 16.8 Å². The molecule has 3 heterocycles. The first kappa shape index (κ1) is 18.2. The van der Waals surface area contributed by atoms with Gasteiger partial charge in [0.15, 0.2) is 0 Å². The molecule has 1 fully saturated rings. The van der Waals surface area contributed by atoms with Gasteiger partial charge >= 0.3 is 0 Å². The standard InChI is InChI=1S/C20H23N5O3/c1-13-4-5-16(14(2)10-13)23-6-8-24(9-7-23)17(26)11-25-12-21-19-18(20(25)27)15(3)22-28-19/h4-5,10,12H,6-9,11H2,1-3H3. The molecule has 1 aromatic carbocycles. The molecule has 0 spiro atoms. The molecule has 0 unspecified atom stereocenters. The Kier molecular flexibility index (Phi) is 4.62. The second kappa shape index (κ2) is 7.10. The van der Waals surface area contributed by atoms with Crippen molar-refractivity contribution in [1.29, 1.82) is 0 Å². The zero-order valence-electron chi connectivity index (χ0n) is 16.3. The number of nitrogens with zero attached hydrogens (tertiary/aromatic N) is 5. The average Bonchev–Trinajstić information content (AvgIpc) is 3.06. The number of benzene rings is 1. The molecule has 8 heteroatoms. The molecule has 146 valence electrons. The SMILES string of the molecule is Cc1ccc(N2CCN(C(=O)Cn3cnc4onc(C)c4c3=O)CC2)c(C)c1. The Labute approximate surface area is 162 Å². The molecule has 8 nitrogen and oxygen atoms in total. The molecule has 0 radical (unpaired) electrons. The van der Waals surface area contributed by atoms with E-state index in [1.807, 2.05) is 0 Å². The van der Waals surface area contributed by atoms with Crippen molar-refractivity contribution >= 4 is 22.7 Å². The zero-order valence-corrected chi connectivity index (χ0v) is 16.3. The molecule has 1 saturated heterocycles. The Bertz CT molecular complexity index is 1090. The lowest BCUT2D eigenvalue weighted by Gasteiger charge is -2.37. The predicted octanol–water partition coefficient (Wildman–Crippen LogP) is 1.66. The molecule has 1 aliphatic heterocycles. The summed E-state index contributed by atoms with van der Waals surface area (Å²) in [7, 11) is 0. The normalized spacial score (nSPS) is 14.7. The van der Waals surface area contributed by atoms with Gasteiger partial charge in [0.05, 0.1) is 5.69 Å². The second-order valence-corrected chi connectivity index (χ2v) is 7.28. The minimum absolute atomic E-state index is 0.0318. The van der Waals surface area contributed by atoms with Crippen LogP contribution in [0.2, 0.25) is 0 Å². The van der Waals surface area contributed by atoms with Crippen LogP contribution in [0.25, 0.3) is 11.1 Å². The van der Waals surface area contributed by atoms with Crippen molar-refractivity contribution in [2.75, 3.05) is 31.1 Å². The van der Waals surface area contributed by atoms with Crippen molar-refractivity contribution in [3.63, 3.8) is 0 Å². The lowest BCUT2D eigenvalue weighted by atomic mass is 10.1. The molecule has 4 rings (SSSR count). The van der Waals surface area contributed by atoms with Gasteiger partial charge in [-0.2, -0.15) is 0 Å². The fourth-order valence-electron chi connectivity index (χ4n) is 3.73. The fourth-order valence-corrected chi connectivity index (χ4v) is 3.73. The summed E-state index contributed by atoms with van der Waals surface area (Å²) in [5.74, 6) is -0.0855. The first-order chi connectivity index (χ1) is 13.4. The van der Waals surface area contributed by atoms with Crippen LogP contribution in [0.4, 0.5) is 5.69 Å². The largest absolute Gasteiger partial charge is 0.368 e. The number of hydrogen-bond acceptors (Lipinski definition) is 6. The van der Waals surface area contributed by atoms with Gasteiger partial charge in [0, 0.05) is 31.9 Å². The van der Waals surface area contributed by atoms with E-state index >= 15 is 0 Å². The van der Waals surface area contributed by atoms with Gasteiger partial charge in [0.2, 0.25) is 5.91 Å². The van der Waals surface area contributed by atoms with Crippen molar-refractivity contribution in [3.8, 4) is 0 Å². The molecule has 0 bridgehead atoms. The highest BCUT2D eigenvalue weighted by Crippen LogP contribution is 2.22. The van der Waals surface area contributed by atoms with E-state index in [2.05, 4.69) is 47.1 Å². The fraction of sp³-hybridized carbons (Fsp3) is 0.400. The van der Waals surface area contributed by atoms with E-state index in [0.29, 0.717) is 24.2 Å². The first-order valence-corrected chi connectivity index (χ1v) is 9.35. The maximum absolute atomic E-state index is 12.7. The molecule has 1 amide bonds. The summed E-state index contributed by atoms with van der Waals surface area (Å²) in [6.45, 7) is 8.65. The number of aromatic nitrogens is 3. The minimum Gasteiger partial charge on any atom is -0.368 e. The molecule has 0 N–H and O–H groups in total. The molecule has 3 aromatic rings. The number of carbonyl (C=O) groups is 1. The predicted molar refractivity (Wildman–Crippen MR) is 106 cm³/mol. The van der Waals surface area contributed by atoms with Crippen molar-refractivity contribution < 1.29 is 9.32 Å². The summed E-state index contributed by atoms with van der Waals surface area (Å²) in [5.41, 5.74) is 4.09. The van der Waals surface area contributed by atoms with Crippen LogP contribution in [0.15, 0.2) is 33.8 Å². The molecule has 1 aliphatic rings. The molecule has 0 atom stereocenters. The van der Waals surface area contributed by atoms with Crippen molar-refractivity contribution in [1.82, 2.24) is 19.6 Å². The first-order valence-electron chi connectivity index (χ1n) is 9.35. The number of aryl methyl sites for hydroxylation is 3. The Hall–Kier alpha value is -3.16. The maximum atomic E-state index is 12.7. The summed E-state index contributed by atoms with van der Waals surface area (Å²) in [5, 5.41) is 4.09. The van der Waals surface area contributed by atoms with E-state index in [4.69, 9.17) is 4.52 Å². The Balaban J connectivity index is 1.44. The third-order valence-electron chi connectivity index (χ3n) is 5.26. The molecule has 0 saturated carbocycles. The number of carbonyl (C=O) groups excluding carboxylic acids is 1. The van der Waals surface area contributed by atoms with Crippen LogP contribution in [0.5, 0.6) is 0 Å². The van der Waals surface area contributed by atoms with E-state index in [1.165, 1.54) is 27.7 Å². The van der Waals surface area contributed by atoms with Crippen LogP contribution in [0, 0.1) is 20.8 Å². The lowest BCUT2D eigenvalue weighted by molar-refractivity contribution is -0.132. The molecule has 28 heavy (non-hydrogen) atoms. The quantitative estimate of drug-likeness (QED) is 0.686. The average molecular weight is 381 g/mol. The van der Waals surface area contributed by atoms with E-state index < -0.39 is 0 Å². The number of rotatable bonds is 3. The van der Waals surface area contributed by atoms with Crippen LogP contribution >= 0.6 is 0 Å². The smallest absolute Gasteiger partial charge is 0.267 e. The number of anilines is 1. The summed E-state index contributed by atoms with van der Waals surface area (Å²) in [4.78, 5) is 33.5.